The third-order valence-electron chi connectivity index (χ3n) is 6.74. The van der Waals surface area contributed by atoms with Crippen molar-refractivity contribution >= 4 is 23.3 Å². The number of ether oxygens (including phenoxy) is 3. The fourth-order valence-electron chi connectivity index (χ4n) is 4.96. The summed E-state index contributed by atoms with van der Waals surface area (Å²) in [5.41, 5.74) is 8.49. The van der Waals surface area contributed by atoms with E-state index in [1.165, 1.54) is 32.7 Å². The van der Waals surface area contributed by atoms with Crippen LogP contribution in [0.4, 0.5) is 11.4 Å². The van der Waals surface area contributed by atoms with Crippen LogP contribution in [0.15, 0.2) is 71.2 Å². The van der Waals surface area contributed by atoms with Crippen molar-refractivity contribution in [1.29, 1.82) is 5.26 Å². The number of carbonyl (C=O) groups excluding carboxylic acids is 2. The van der Waals surface area contributed by atoms with E-state index in [4.69, 9.17) is 19.9 Å². The fourth-order valence-corrected chi connectivity index (χ4v) is 4.96. The van der Waals surface area contributed by atoms with E-state index >= 15 is 0 Å². The van der Waals surface area contributed by atoms with E-state index in [9.17, 15) is 14.9 Å². The number of carbonyl (C=O) groups is 2. The molecular formula is C28H30N4O5. The average molecular weight is 503 g/mol. The Kier molecular flexibility index (Phi) is 7.68. The van der Waals surface area contributed by atoms with Crippen LogP contribution < -0.4 is 20.3 Å². The Balaban J connectivity index is 1.97. The molecule has 0 bridgehead atoms. The van der Waals surface area contributed by atoms with Crippen molar-refractivity contribution in [3.8, 4) is 11.8 Å². The zero-order chi connectivity index (χ0) is 26.5. The minimum Gasteiger partial charge on any atom is -0.494 e. The molecule has 0 saturated carbocycles. The summed E-state index contributed by atoms with van der Waals surface area (Å²) in [7, 11) is 3.96. The van der Waals surface area contributed by atoms with Gasteiger partial charge in [-0.15, -0.1) is 0 Å². The molecule has 0 aliphatic carbocycles. The minimum absolute atomic E-state index is 0.00608. The summed E-state index contributed by atoms with van der Waals surface area (Å²) in [6, 6.07) is 16.6. The fraction of sp³-hybridized carbons (Fsp3) is 0.321. The van der Waals surface area contributed by atoms with Crippen LogP contribution in [-0.4, -0.2) is 46.4 Å². The van der Waals surface area contributed by atoms with Gasteiger partial charge in [-0.1, -0.05) is 30.3 Å². The van der Waals surface area contributed by atoms with Crippen molar-refractivity contribution in [2.24, 2.45) is 5.73 Å². The molecule has 9 nitrogen and oxygen atoms in total. The smallest absolute Gasteiger partial charge is 0.355 e. The van der Waals surface area contributed by atoms with E-state index in [0.717, 1.165) is 31.6 Å². The lowest BCUT2D eigenvalue weighted by atomic mass is 9.81. The molecule has 1 unspecified atom stereocenters. The molecule has 2 N–H and O–H groups in total. The van der Waals surface area contributed by atoms with Crippen molar-refractivity contribution in [3.63, 3.8) is 0 Å². The number of piperidine rings is 1. The monoisotopic (exact) mass is 502 g/mol. The van der Waals surface area contributed by atoms with Crippen LogP contribution in [-0.2, 0) is 19.1 Å². The van der Waals surface area contributed by atoms with E-state index < -0.39 is 17.9 Å². The Morgan fingerprint density at radius 1 is 0.973 bits per heavy atom. The summed E-state index contributed by atoms with van der Waals surface area (Å²) in [6.07, 6.45) is 3.41. The first kappa shape index (κ1) is 25.6. The van der Waals surface area contributed by atoms with Gasteiger partial charge in [-0.2, -0.15) is 5.26 Å². The first-order valence-corrected chi connectivity index (χ1v) is 12.0. The number of nitrogens with zero attached hydrogens (tertiary/aromatic N) is 3. The van der Waals surface area contributed by atoms with Gasteiger partial charge in [0.25, 0.3) is 0 Å². The lowest BCUT2D eigenvalue weighted by Gasteiger charge is -2.37. The van der Waals surface area contributed by atoms with Gasteiger partial charge >= 0.3 is 11.9 Å². The Hall–Kier alpha value is -4.45. The van der Waals surface area contributed by atoms with Crippen LogP contribution >= 0.6 is 0 Å². The zero-order valence-electron chi connectivity index (χ0n) is 21.2. The molecule has 2 aliphatic rings. The minimum atomic E-state index is -0.928. The lowest BCUT2D eigenvalue weighted by molar-refractivity contribution is -0.139. The number of hydrogen-bond acceptors (Lipinski definition) is 9. The van der Waals surface area contributed by atoms with E-state index in [-0.39, 0.29) is 22.7 Å². The second-order valence-electron chi connectivity index (χ2n) is 8.74. The molecule has 2 aliphatic heterocycles. The van der Waals surface area contributed by atoms with Gasteiger partial charge in [0, 0.05) is 24.8 Å². The third-order valence-corrected chi connectivity index (χ3v) is 6.74. The number of hydrogen-bond donors (Lipinski definition) is 1. The predicted octanol–water partition coefficient (Wildman–Crippen LogP) is 3.58. The number of nitrogens with two attached hydrogens (primary N) is 1. The van der Waals surface area contributed by atoms with Gasteiger partial charge in [0.05, 0.1) is 50.2 Å². The molecule has 4 rings (SSSR count). The van der Waals surface area contributed by atoms with Crippen LogP contribution in [0.25, 0.3) is 0 Å². The van der Waals surface area contributed by atoms with E-state index in [1.54, 1.807) is 30.3 Å². The number of benzene rings is 2. The summed E-state index contributed by atoms with van der Waals surface area (Å²) < 4.78 is 15.9. The molecule has 1 saturated heterocycles. The number of esters is 2. The molecule has 0 amide bonds. The number of allylic oxidation sites excluding steroid dienone is 1. The van der Waals surface area contributed by atoms with Gasteiger partial charge in [0.1, 0.15) is 17.3 Å². The second-order valence-corrected chi connectivity index (χ2v) is 8.74. The van der Waals surface area contributed by atoms with Gasteiger partial charge in [-0.05, 0) is 37.0 Å². The molecule has 2 heterocycles. The summed E-state index contributed by atoms with van der Waals surface area (Å²) in [6.45, 7) is 1.87. The summed E-state index contributed by atoms with van der Waals surface area (Å²) in [4.78, 5) is 30.1. The maximum Gasteiger partial charge on any atom is 0.355 e. The maximum absolute atomic E-state index is 13.3. The van der Waals surface area contributed by atoms with Crippen LogP contribution in [0.1, 0.15) is 30.7 Å². The summed E-state index contributed by atoms with van der Waals surface area (Å²) in [5.74, 6) is -2.09. The molecule has 192 valence electrons. The molecule has 1 fully saturated rings. The molecule has 2 aromatic rings. The Bertz CT molecular complexity index is 1290. The molecule has 0 aromatic heterocycles. The SMILES string of the molecule is COC(=O)C1=C(C(=O)OC)N(c2ccc(N3CCCCC3)cc2OC)C(N)=C(C#N)C1c1ccccc1. The largest absolute Gasteiger partial charge is 0.494 e. The number of methoxy groups -OCH3 is 3. The predicted molar refractivity (Wildman–Crippen MR) is 139 cm³/mol. The third kappa shape index (κ3) is 4.70. The Labute approximate surface area is 216 Å². The Morgan fingerprint density at radius 2 is 1.65 bits per heavy atom. The summed E-state index contributed by atoms with van der Waals surface area (Å²) >= 11 is 0. The van der Waals surface area contributed by atoms with Crippen LogP contribution in [0.5, 0.6) is 5.75 Å². The van der Waals surface area contributed by atoms with Crippen LogP contribution in [0.3, 0.4) is 0 Å². The highest BCUT2D eigenvalue weighted by atomic mass is 16.5. The molecule has 0 radical (unpaired) electrons. The first-order chi connectivity index (χ1) is 18.0. The molecule has 9 heteroatoms. The normalized spacial score (nSPS) is 17.8. The van der Waals surface area contributed by atoms with Gasteiger partial charge in [-0.25, -0.2) is 9.59 Å². The number of nitriles is 1. The van der Waals surface area contributed by atoms with Gasteiger partial charge in [-0.3, -0.25) is 4.90 Å². The standard InChI is InChI=1S/C28H30N4O5/c1-35-22-16-19(31-14-8-5-9-15-31)12-13-21(22)32-25(28(34)37-3)24(27(33)36-2)23(20(17-29)26(32)30)18-10-6-4-7-11-18/h4,6-7,10-13,16,23H,5,8-9,14-15,30H2,1-3H3. The molecule has 2 aromatic carbocycles. The van der Waals surface area contributed by atoms with E-state index in [2.05, 4.69) is 11.0 Å². The van der Waals surface area contributed by atoms with Crippen LogP contribution in [0.2, 0.25) is 0 Å². The topological polar surface area (TPSA) is 118 Å². The van der Waals surface area contributed by atoms with Crippen molar-refractivity contribution in [1.82, 2.24) is 0 Å². The maximum atomic E-state index is 13.3. The van der Waals surface area contributed by atoms with Crippen molar-refractivity contribution in [2.75, 3.05) is 44.2 Å². The van der Waals surface area contributed by atoms with Crippen molar-refractivity contribution in [3.05, 3.63) is 76.8 Å². The average Bonchev–Trinajstić information content (AvgIpc) is 2.96. The number of anilines is 2. The van der Waals surface area contributed by atoms with Crippen molar-refractivity contribution < 1.29 is 23.8 Å². The highest BCUT2D eigenvalue weighted by molar-refractivity contribution is 6.06. The highest BCUT2D eigenvalue weighted by Gasteiger charge is 2.43. The molecule has 0 spiro atoms. The van der Waals surface area contributed by atoms with Gasteiger partial charge < -0.3 is 24.8 Å². The zero-order valence-corrected chi connectivity index (χ0v) is 21.2. The summed E-state index contributed by atoms with van der Waals surface area (Å²) in [5, 5.41) is 10.2. The van der Waals surface area contributed by atoms with Crippen LogP contribution in [0, 0.1) is 11.3 Å². The quantitative estimate of drug-likeness (QED) is 0.591. The molecule has 1 atom stereocenters. The lowest BCUT2D eigenvalue weighted by Crippen LogP contribution is -2.41. The van der Waals surface area contributed by atoms with E-state index in [0.29, 0.717) is 17.0 Å². The first-order valence-electron chi connectivity index (χ1n) is 12.0. The highest BCUT2D eigenvalue weighted by Crippen LogP contribution is 2.46. The van der Waals surface area contributed by atoms with Gasteiger partial charge in [0.15, 0.2) is 0 Å². The molecule has 37 heavy (non-hydrogen) atoms. The van der Waals surface area contributed by atoms with E-state index in [1.807, 2.05) is 18.2 Å². The molecular weight excluding hydrogens is 472 g/mol. The second kappa shape index (κ2) is 11.1. The van der Waals surface area contributed by atoms with Gasteiger partial charge in [0.2, 0.25) is 0 Å². The number of rotatable bonds is 6. The Morgan fingerprint density at radius 3 is 2.24 bits per heavy atom. The van der Waals surface area contributed by atoms with Crippen molar-refractivity contribution in [2.45, 2.75) is 25.2 Å².